The number of nitrogens with zero attached hydrogens (tertiary/aromatic N) is 1. The van der Waals surface area contributed by atoms with Gasteiger partial charge in [0, 0.05) is 18.2 Å². The molecule has 5 heteroatoms. The Balaban J connectivity index is 1.93. The molecule has 0 aromatic heterocycles. The Hall–Kier alpha value is -2.84. The van der Waals surface area contributed by atoms with Crippen molar-refractivity contribution in [2.24, 2.45) is 0 Å². The van der Waals surface area contributed by atoms with E-state index in [9.17, 15) is 9.90 Å². The van der Waals surface area contributed by atoms with Crippen molar-refractivity contribution in [3.8, 4) is 11.8 Å². The summed E-state index contributed by atoms with van der Waals surface area (Å²) in [6.45, 7) is 2.07. The summed E-state index contributed by atoms with van der Waals surface area (Å²) in [5, 5.41) is 21.8. The predicted octanol–water partition coefficient (Wildman–Crippen LogP) is 3.61. The van der Waals surface area contributed by atoms with Crippen molar-refractivity contribution in [2.75, 3.05) is 11.9 Å². The summed E-state index contributed by atoms with van der Waals surface area (Å²) in [5.41, 5.74) is 0.0582. The number of unbranched alkanes of at least 4 members (excludes halogenated alkanes) is 1. The molecule has 1 amide bonds. The van der Waals surface area contributed by atoms with Crippen LogP contribution in [0.4, 0.5) is 5.69 Å². The molecule has 1 unspecified atom stereocenters. The lowest BCUT2D eigenvalue weighted by Crippen LogP contribution is -2.28. The molecule has 2 aromatic carbocycles. The fraction of sp³-hybridized carbons (Fsp3) is 0.300. The molecular formula is C20H22N2O3. The van der Waals surface area contributed by atoms with Crippen molar-refractivity contribution in [2.45, 2.75) is 31.8 Å². The van der Waals surface area contributed by atoms with Gasteiger partial charge in [0.05, 0.1) is 24.7 Å². The number of nitriles is 1. The Labute approximate surface area is 147 Å². The van der Waals surface area contributed by atoms with Crippen LogP contribution in [0.15, 0.2) is 54.6 Å². The monoisotopic (exact) mass is 338 g/mol. The van der Waals surface area contributed by atoms with Gasteiger partial charge in [-0.3, -0.25) is 4.79 Å². The van der Waals surface area contributed by atoms with E-state index < -0.39 is 5.60 Å². The zero-order valence-electron chi connectivity index (χ0n) is 14.2. The number of carbonyl (C=O) groups excluding carboxylic acids is 1. The second kappa shape index (κ2) is 8.86. The minimum atomic E-state index is -1.24. The van der Waals surface area contributed by atoms with Gasteiger partial charge in [0.15, 0.2) is 0 Å². The lowest BCUT2D eigenvalue weighted by atomic mass is 9.92. The van der Waals surface area contributed by atoms with Crippen LogP contribution in [0.3, 0.4) is 0 Å². The van der Waals surface area contributed by atoms with Crippen molar-refractivity contribution < 1.29 is 14.6 Å². The van der Waals surface area contributed by atoms with Crippen LogP contribution >= 0.6 is 0 Å². The van der Waals surface area contributed by atoms with E-state index in [0.717, 1.165) is 0 Å². The highest BCUT2D eigenvalue weighted by Crippen LogP contribution is 2.25. The number of aliphatic hydroxyl groups is 1. The van der Waals surface area contributed by atoms with Crippen molar-refractivity contribution in [3.63, 3.8) is 0 Å². The van der Waals surface area contributed by atoms with E-state index in [4.69, 9.17) is 10.00 Å². The maximum atomic E-state index is 12.3. The minimum absolute atomic E-state index is 0.0513. The normalized spacial score (nSPS) is 12.7. The quantitative estimate of drug-likeness (QED) is 0.720. The molecule has 0 aliphatic heterocycles. The Kier molecular flexibility index (Phi) is 6.55. The number of amides is 1. The molecule has 130 valence electrons. The van der Waals surface area contributed by atoms with Gasteiger partial charge in [0.25, 0.3) is 0 Å². The van der Waals surface area contributed by atoms with Gasteiger partial charge in [-0.1, -0.05) is 36.4 Å². The van der Waals surface area contributed by atoms with E-state index in [0.29, 0.717) is 36.4 Å². The third-order valence-corrected chi connectivity index (χ3v) is 3.72. The zero-order valence-corrected chi connectivity index (χ0v) is 14.2. The second-order valence-electron chi connectivity index (χ2n) is 6.00. The number of ether oxygens (including phenoxy) is 1. The molecule has 2 aromatic rings. The van der Waals surface area contributed by atoms with Gasteiger partial charge in [-0.15, -0.1) is 0 Å². The Morgan fingerprint density at radius 3 is 2.72 bits per heavy atom. The summed E-state index contributed by atoms with van der Waals surface area (Å²) in [6, 6.07) is 18.2. The van der Waals surface area contributed by atoms with Gasteiger partial charge in [0.2, 0.25) is 5.91 Å². The molecule has 0 aliphatic rings. The summed E-state index contributed by atoms with van der Waals surface area (Å²) < 4.78 is 5.55. The first-order valence-electron chi connectivity index (χ1n) is 8.19. The van der Waals surface area contributed by atoms with Crippen molar-refractivity contribution in [1.29, 1.82) is 5.26 Å². The fourth-order valence-electron chi connectivity index (χ4n) is 2.42. The average molecular weight is 338 g/mol. The second-order valence-corrected chi connectivity index (χ2v) is 6.00. The maximum Gasteiger partial charge on any atom is 0.227 e. The van der Waals surface area contributed by atoms with Crippen molar-refractivity contribution in [1.82, 2.24) is 0 Å². The van der Waals surface area contributed by atoms with Crippen LogP contribution < -0.4 is 10.1 Å². The van der Waals surface area contributed by atoms with Gasteiger partial charge in [-0.05, 0) is 31.0 Å². The smallest absolute Gasteiger partial charge is 0.227 e. The fourth-order valence-corrected chi connectivity index (χ4v) is 2.42. The van der Waals surface area contributed by atoms with Crippen LogP contribution in [0.1, 0.15) is 31.7 Å². The van der Waals surface area contributed by atoms with Crippen LogP contribution in [0.2, 0.25) is 0 Å². The van der Waals surface area contributed by atoms with E-state index in [1.54, 1.807) is 43.3 Å². The summed E-state index contributed by atoms with van der Waals surface area (Å²) in [6.07, 6.45) is 1.06. The van der Waals surface area contributed by atoms with Crippen LogP contribution in [-0.2, 0) is 10.4 Å². The van der Waals surface area contributed by atoms with E-state index >= 15 is 0 Å². The number of anilines is 1. The molecule has 2 rings (SSSR count). The van der Waals surface area contributed by atoms with Crippen LogP contribution in [0, 0.1) is 11.3 Å². The van der Waals surface area contributed by atoms with Gasteiger partial charge in [-0.25, -0.2) is 0 Å². The predicted molar refractivity (Wildman–Crippen MR) is 96.0 cm³/mol. The number of hydrogen-bond acceptors (Lipinski definition) is 4. The van der Waals surface area contributed by atoms with Crippen molar-refractivity contribution >= 4 is 11.6 Å². The molecule has 0 saturated carbocycles. The summed E-state index contributed by atoms with van der Waals surface area (Å²) >= 11 is 0. The van der Waals surface area contributed by atoms with E-state index in [-0.39, 0.29) is 12.3 Å². The van der Waals surface area contributed by atoms with Crippen LogP contribution in [0.5, 0.6) is 5.75 Å². The SMILES string of the molecule is CC(O)(CC(=O)Nc1cccc(OCCCC#N)c1)c1ccccc1. The molecule has 0 heterocycles. The third kappa shape index (κ3) is 5.94. The molecule has 0 spiro atoms. The Morgan fingerprint density at radius 1 is 1.24 bits per heavy atom. The van der Waals surface area contributed by atoms with Gasteiger partial charge in [0.1, 0.15) is 5.75 Å². The topological polar surface area (TPSA) is 82.3 Å². The summed E-state index contributed by atoms with van der Waals surface area (Å²) in [5.74, 6) is 0.348. The third-order valence-electron chi connectivity index (χ3n) is 3.72. The highest BCUT2D eigenvalue weighted by molar-refractivity contribution is 5.91. The number of nitrogens with one attached hydrogen (secondary N) is 1. The molecule has 0 aliphatic carbocycles. The van der Waals surface area contributed by atoms with Crippen LogP contribution in [-0.4, -0.2) is 17.6 Å². The number of carbonyl (C=O) groups is 1. The van der Waals surface area contributed by atoms with Gasteiger partial charge >= 0.3 is 0 Å². The molecule has 0 radical (unpaired) electrons. The maximum absolute atomic E-state index is 12.3. The standard InChI is InChI=1S/C20H22N2O3/c1-20(24,16-8-3-2-4-9-16)15-19(23)22-17-10-7-11-18(14-17)25-13-6-5-12-21/h2-4,7-11,14,24H,5-6,13,15H2,1H3,(H,22,23). The highest BCUT2D eigenvalue weighted by atomic mass is 16.5. The largest absolute Gasteiger partial charge is 0.493 e. The molecule has 5 nitrogen and oxygen atoms in total. The molecular weight excluding hydrogens is 316 g/mol. The van der Waals surface area contributed by atoms with Gasteiger partial charge in [-0.2, -0.15) is 5.26 Å². The lowest BCUT2D eigenvalue weighted by molar-refractivity contribution is -0.120. The van der Waals surface area contributed by atoms with Gasteiger partial charge < -0.3 is 15.2 Å². The van der Waals surface area contributed by atoms with E-state index in [2.05, 4.69) is 11.4 Å². The molecule has 2 N–H and O–H groups in total. The highest BCUT2D eigenvalue weighted by Gasteiger charge is 2.26. The molecule has 1 atom stereocenters. The minimum Gasteiger partial charge on any atom is -0.493 e. The van der Waals surface area contributed by atoms with Crippen molar-refractivity contribution in [3.05, 3.63) is 60.2 Å². The molecule has 0 bridgehead atoms. The first-order chi connectivity index (χ1) is 12.0. The lowest BCUT2D eigenvalue weighted by Gasteiger charge is -2.23. The Bertz CT molecular complexity index is 736. The molecule has 0 fully saturated rings. The van der Waals surface area contributed by atoms with E-state index in [1.165, 1.54) is 0 Å². The first-order valence-corrected chi connectivity index (χ1v) is 8.19. The zero-order chi connectivity index (χ0) is 18.1. The average Bonchev–Trinajstić information content (AvgIpc) is 2.59. The number of hydrogen-bond donors (Lipinski definition) is 2. The number of rotatable bonds is 8. The van der Waals surface area contributed by atoms with Crippen LogP contribution in [0.25, 0.3) is 0 Å². The molecule has 0 saturated heterocycles. The molecule has 25 heavy (non-hydrogen) atoms. The Morgan fingerprint density at radius 2 is 2.00 bits per heavy atom. The number of benzene rings is 2. The van der Waals surface area contributed by atoms with E-state index in [1.807, 2.05) is 18.2 Å². The summed E-state index contributed by atoms with van der Waals surface area (Å²) in [7, 11) is 0. The summed E-state index contributed by atoms with van der Waals surface area (Å²) in [4.78, 5) is 12.3. The first kappa shape index (κ1) is 18.5.